The molecule has 0 saturated carbocycles. The summed E-state index contributed by atoms with van der Waals surface area (Å²) in [4.78, 5) is 4.72. The molecule has 1 aliphatic heterocycles. The number of aliphatic imine (C=N–C) groups is 1. The lowest BCUT2D eigenvalue weighted by molar-refractivity contribution is 0.268. The van der Waals surface area contributed by atoms with Crippen LogP contribution in [0.5, 0.6) is 11.5 Å². The van der Waals surface area contributed by atoms with Gasteiger partial charge in [0.2, 0.25) is 0 Å². The van der Waals surface area contributed by atoms with Crippen molar-refractivity contribution in [1.29, 1.82) is 0 Å². The maximum atomic E-state index is 6.18. The highest BCUT2D eigenvalue weighted by Crippen LogP contribution is 2.29. The Bertz CT molecular complexity index is 833. The van der Waals surface area contributed by atoms with Crippen LogP contribution in [-0.4, -0.2) is 32.6 Å². The third kappa shape index (κ3) is 5.28. The van der Waals surface area contributed by atoms with Crippen molar-refractivity contribution in [3.05, 3.63) is 57.6 Å². The van der Waals surface area contributed by atoms with Crippen molar-refractivity contribution in [3.8, 4) is 11.5 Å². The summed E-state index contributed by atoms with van der Waals surface area (Å²) in [6, 6.07) is 12.4. The van der Waals surface area contributed by atoms with Gasteiger partial charge in [0.05, 0.1) is 13.7 Å². The van der Waals surface area contributed by atoms with E-state index in [1.807, 2.05) is 12.1 Å². The van der Waals surface area contributed by atoms with Gasteiger partial charge >= 0.3 is 0 Å². The average Bonchev–Trinajstić information content (AvgIpc) is 2.71. The van der Waals surface area contributed by atoms with E-state index in [1.165, 1.54) is 11.1 Å². The van der Waals surface area contributed by atoms with Crippen LogP contribution in [0.4, 0.5) is 0 Å². The highest BCUT2D eigenvalue weighted by molar-refractivity contribution is 9.10. The van der Waals surface area contributed by atoms with Crippen molar-refractivity contribution >= 4 is 21.8 Å². The summed E-state index contributed by atoms with van der Waals surface area (Å²) < 4.78 is 12.8. The summed E-state index contributed by atoms with van der Waals surface area (Å²) in [6.45, 7) is 6.88. The molecule has 0 unspecified atom stereocenters. The Morgan fingerprint density at radius 2 is 2.00 bits per heavy atom. The topological polar surface area (TPSA) is 42.9 Å². The number of rotatable bonds is 8. The van der Waals surface area contributed by atoms with Gasteiger partial charge in [0.15, 0.2) is 0 Å². The van der Waals surface area contributed by atoms with E-state index in [0.29, 0.717) is 12.5 Å². The molecule has 4 nitrogen and oxygen atoms in total. The van der Waals surface area contributed by atoms with Crippen molar-refractivity contribution in [2.75, 3.05) is 26.8 Å². The van der Waals surface area contributed by atoms with E-state index >= 15 is 0 Å². The zero-order valence-electron chi connectivity index (χ0n) is 16.9. The number of halogens is 1. The number of aryl methyl sites for hydroxylation is 1. The average molecular weight is 445 g/mol. The van der Waals surface area contributed by atoms with E-state index in [4.69, 9.17) is 14.5 Å². The van der Waals surface area contributed by atoms with Gasteiger partial charge in [0.25, 0.3) is 0 Å². The summed E-state index contributed by atoms with van der Waals surface area (Å²) in [5, 5.41) is 3.46. The molecule has 28 heavy (non-hydrogen) atoms. The smallest absolute Gasteiger partial charge is 0.128 e. The molecular weight excluding hydrogens is 416 g/mol. The minimum absolute atomic E-state index is 0.479. The molecule has 5 heteroatoms. The lowest BCUT2D eigenvalue weighted by atomic mass is 9.97. The monoisotopic (exact) mass is 444 g/mol. The van der Waals surface area contributed by atoms with E-state index in [-0.39, 0.29) is 0 Å². The van der Waals surface area contributed by atoms with E-state index in [9.17, 15) is 0 Å². The van der Waals surface area contributed by atoms with E-state index in [1.54, 1.807) is 7.11 Å². The normalized spacial score (nSPS) is 13.8. The Balaban J connectivity index is 1.92. The molecule has 2 aromatic rings. The lowest BCUT2D eigenvalue weighted by Gasteiger charge is -2.21. The lowest BCUT2D eigenvalue weighted by Crippen LogP contribution is -2.31. The molecule has 0 fully saturated rings. The molecule has 150 valence electrons. The van der Waals surface area contributed by atoms with Crippen LogP contribution in [0.15, 0.2) is 45.9 Å². The predicted molar refractivity (Wildman–Crippen MR) is 119 cm³/mol. The molecule has 1 heterocycles. The maximum absolute atomic E-state index is 6.18. The van der Waals surface area contributed by atoms with Gasteiger partial charge in [-0.1, -0.05) is 41.9 Å². The summed E-state index contributed by atoms with van der Waals surface area (Å²) in [5.74, 6) is 3.33. The molecule has 1 aliphatic rings. The van der Waals surface area contributed by atoms with Crippen LogP contribution in [0.1, 0.15) is 37.0 Å². The first kappa shape index (κ1) is 20.7. The minimum atomic E-state index is 0.479. The van der Waals surface area contributed by atoms with Gasteiger partial charge in [0, 0.05) is 28.7 Å². The van der Waals surface area contributed by atoms with Gasteiger partial charge in [0.1, 0.15) is 17.3 Å². The summed E-state index contributed by atoms with van der Waals surface area (Å²) in [7, 11) is 1.72. The zero-order chi connectivity index (χ0) is 19.9. The Kier molecular flexibility index (Phi) is 7.37. The molecule has 0 saturated heterocycles. The van der Waals surface area contributed by atoms with Crippen molar-refractivity contribution in [2.45, 2.75) is 33.1 Å². The van der Waals surface area contributed by atoms with Crippen molar-refractivity contribution < 1.29 is 9.47 Å². The molecule has 0 aromatic heterocycles. The highest BCUT2D eigenvalue weighted by atomic mass is 79.9. The second kappa shape index (κ2) is 9.97. The molecule has 0 bridgehead atoms. The molecule has 1 N–H and O–H groups in total. The number of amidine groups is 1. The third-order valence-corrected chi connectivity index (χ3v) is 5.24. The molecule has 0 radical (unpaired) electrons. The van der Waals surface area contributed by atoms with E-state index in [0.717, 1.165) is 59.7 Å². The number of hydrogen-bond donors (Lipinski definition) is 1. The van der Waals surface area contributed by atoms with Crippen LogP contribution in [0.25, 0.3) is 0 Å². The Morgan fingerprint density at radius 1 is 1.14 bits per heavy atom. The fourth-order valence-electron chi connectivity index (χ4n) is 3.35. The number of hydrogen-bond acceptors (Lipinski definition) is 4. The van der Waals surface area contributed by atoms with Gasteiger partial charge < -0.3 is 14.8 Å². The van der Waals surface area contributed by atoms with Gasteiger partial charge in [-0.05, 0) is 55.0 Å². The van der Waals surface area contributed by atoms with Gasteiger partial charge in [-0.3, -0.25) is 4.99 Å². The van der Waals surface area contributed by atoms with Gasteiger partial charge in [-0.25, -0.2) is 0 Å². The first-order chi connectivity index (χ1) is 13.6. The Hall–Kier alpha value is -2.01. The molecule has 0 amide bonds. The largest absolute Gasteiger partial charge is 0.496 e. The quantitative estimate of drug-likeness (QED) is 0.621. The number of benzene rings is 2. The second-order valence-corrected chi connectivity index (χ2v) is 8.37. The van der Waals surface area contributed by atoms with Crippen LogP contribution >= 0.6 is 15.9 Å². The zero-order valence-corrected chi connectivity index (χ0v) is 18.5. The number of ether oxygens (including phenoxy) is 2. The predicted octanol–water partition coefficient (Wildman–Crippen LogP) is 5.02. The first-order valence-electron chi connectivity index (χ1n) is 9.94. The fraction of sp³-hybridized carbons (Fsp3) is 0.435. The molecule has 0 aliphatic carbocycles. The standard InChI is InChI=1S/C23H29BrN2O2/c1-16(2)15-28-22-7-4-6-20(23-25-12-5-13-26-23)19(22)10-8-17-14-18(24)9-11-21(17)27-3/h4,6-7,9,11,14,16H,5,8,10,12-13,15H2,1-3H3,(H,25,26). The maximum Gasteiger partial charge on any atom is 0.128 e. The first-order valence-corrected chi connectivity index (χ1v) is 10.7. The number of nitrogens with one attached hydrogen (secondary N) is 1. The highest BCUT2D eigenvalue weighted by Gasteiger charge is 2.17. The second-order valence-electron chi connectivity index (χ2n) is 7.45. The van der Waals surface area contributed by atoms with Gasteiger partial charge in [-0.15, -0.1) is 0 Å². The molecule has 2 aromatic carbocycles. The molecule has 0 atom stereocenters. The van der Waals surface area contributed by atoms with Gasteiger partial charge in [-0.2, -0.15) is 0 Å². The van der Waals surface area contributed by atoms with Crippen LogP contribution in [-0.2, 0) is 12.8 Å². The minimum Gasteiger partial charge on any atom is -0.496 e. The van der Waals surface area contributed by atoms with Crippen LogP contribution in [0, 0.1) is 5.92 Å². The van der Waals surface area contributed by atoms with Crippen LogP contribution < -0.4 is 14.8 Å². The summed E-state index contributed by atoms with van der Waals surface area (Å²) in [6.07, 6.45) is 2.81. The van der Waals surface area contributed by atoms with Crippen molar-refractivity contribution in [2.24, 2.45) is 10.9 Å². The fourth-order valence-corrected chi connectivity index (χ4v) is 3.76. The van der Waals surface area contributed by atoms with E-state index in [2.05, 4.69) is 59.4 Å². The Morgan fingerprint density at radius 3 is 2.71 bits per heavy atom. The van der Waals surface area contributed by atoms with Crippen molar-refractivity contribution in [3.63, 3.8) is 0 Å². The third-order valence-electron chi connectivity index (χ3n) is 4.74. The van der Waals surface area contributed by atoms with E-state index < -0.39 is 0 Å². The molecule has 0 spiro atoms. The van der Waals surface area contributed by atoms with Crippen LogP contribution in [0.2, 0.25) is 0 Å². The summed E-state index contributed by atoms with van der Waals surface area (Å²) >= 11 is 3.57. The Labute approximate surface area is 176 Å². The summed E-state index contributed by atoms with van der Waals surface area (Å²) in [5.41, 5.74) is 3.54. The molecular formula is C23H29BrN2O2. The molecule has 3 rings (SSSR count). The van der Waals surface area contributed by atoms with Crippen LogP contribution in [0.3, 0.4) is 0 Å². The number of nitrogens with zero attached hydrogens (tertiary/aromatic N) is 1. The number of methoxy groups -OCH3 is 1. The van der Waals surface area contributed by atoms with Crippen molar-refractivity contribution in [1.82, 2.24) is 5.32 Å². The SMILES string of the molecule is COc1ccc(Br)cc1CCc1c(OCC(C)C)cccc1C1=NCCCN1.